The Morgan fingerprint density at radius 1 is 1.21 bits per heavy atom. The number of pyridine rings is 1. The van der Waals surface area contributed by atoms with Gasteiger partial charge >= 0.3 is 0 Å². The van der Waals surface area contributed by atoms with E-state index in [9.17, 15) is 13.8 Å². The normalized spacial score (nSPS) is 16.8. The van der Waals surface area contributed by atoms with Crippen LogP contribution in [-0.4, -0.2) is 51.5 Å². The van der Waals surface area contributed by atoms with Gasteiger partial charge in [-0.2, -0.15) is 0 Å². The van der Waals surface area contributed by atoms with Crippen molar-refractivity contribution in [2.75, 3.05) is 32.1 Å². The predicted octanol–water partition coefficient (Wildman–Crippen LogP) is 1.09. The van der Waals surface area contributed by atoms with E-state index in [1.165, 1.54) is 6.20 Å². The summed E-state index contributed by atoms with van der Waals surface area (Å²) in [6.45, 7) is 5.64. The summed E-state index contributed by atoms with van der Waals surface area (Å²) >= 11 is 0. The zero-order valence-electron chi connectivity index (χ0n) is 15.8. The van der Waals surface area contributed by atoms with E-state index in [1.807, 2.05) is 19.2 Å². The molecule has 0 bridgehead atoms. The third kappa shape index (κ3) is 3.43. The highest BCUT2D eigenvalue weighted by Crippen LogP contribution is 2.28. The van der Waals surface area contributed by atoms with E-state index >= 15 is 0 Å². The lowest BCUT2D eigenvalue weighted by molar-refractivity contribution is 0.0342. The molecule has 28 heavy (non-hydrogen) atoms. The van der Waals surface area contributed by atoms with Crippen molar-refractivity contribution < 1.29 is 13.7 Å². The molecule has 4 rings (SSSR count). The van der Waals surface area contributed by atoms with Gasteiger partial charge in [-0.15, -0.1) is 0 Å². The van der Waals surface area contributed by atoms with Crippen LogP contribution >= 0.6 is 0 Å². The highest BCUT2D eigenvalue weighted by molar-refractivity contribution is 7.84. The third-order valence-electron chi connectivity index (χ3n) is 5.24. The largest absolute Gasteiger partial charge is 0.379 e. The molecule has 1 aliphatic rings. The minimum Gasteiger partial charge on any atom is -0.379 e. The molecule has 0 saturated carbocycles. The molecule has 8 heteroatoms. The number of aromatic nitrogens is 1. The molecular formula is C20H23N3O4S. The summed E-state index contributed by atoms with van der Waals surface area (Å²) in [5.41, 5.74) is 7.70. The number of ether oxygens (including phenoxy) is 1. The van der Waals surface area contributed by atoms with E-state index in [2.05, 4.69) is 11.0 Å². The standard InChI is InChI=1S/C20H23N3O4S/c1-2-28(26)12-14-10-23-11-17(20(21)25)19(24)16-8-13(7-15(14)18(16)23)9-22-3-5-27-6-4-22/h7-8,10-11H,2-6,9,12H2,1H3,(H2,21,25). The van der Waals surface area contributed by atoms with E-state index in [0.29, 0.717) is 36.7 Å². The van der Waals surface area contributed by atoms with Crippen LogP contribution in [-0.2, 0) is 27.8 Å². The molecule has 2 aromatic heterocycles. The van der Waals surface area contributed by atoms with Crippen LogP contribution in [0.5, 0.6) is 0 Å². The number of primary amides is 1. The highest BCUT2D eigenvalue weighted by Gasteiger charge is 2.20. The molecule has 1 aromatic carbocycles. The SMILES string of the molecule is CCS(=O)Cc1cn2cc(C(N)=O)c(=O)c3cc(CN4CCOCC4)cc1c32. The van der Waals surface area contributed by atoms with Gasteiger partial charge in [-0.05, 0) is 23.3 Å². The van der Waals surface area contributed by atoms with Gasteiger partial charge in [-0.25, -0.2) is 0 Å². The van der Waals surface area contributed by atoms with E-state index < -0.39 is 16.7 Å². The fourth-order valence-corrected chi connectivity index (χ4v) is 4.59. The Bertz CT molecular complexity index is 1120. The number of morpholine rings is 1. The number of carbonyl (C=O) groups is 1. The minimum atomic E-state index is -0.986. The number of nitrogens with two attached hydrogens (primary N) is 1. The van der Waals surface area contributed by atoms with Crippen molar-refractivity contribution in [3.8, 4) is 0 Å². The van der Waals surface area contributed by atoms with Gasteiger partial charge in [0.25, 0.3) is 5.91 Å². The van der Waals surface area contributed by atoms with Gasteiger partial charge in [0.05, 0.1) is 24.5 Å². The molecule has 3 heterocycles. The number of rotatable bonds is 6. The Balaban J connectivity index is 1.90. The lowest BCUT2D eigenvalue weighted by atomic mass is 10.0. The number of carbonyl (C=O) groups excluding carboxylic acids is 1. The van der Waals surface area contributed by atoms with Crippen LogP contribution in [0.2, 0.25) is 0 Å². The fraction of sp³-hybridized carbons (Fsp3) is 0.400. The molecule has 1 unspecified atom stereocenters. The van der Waals surface area contributed by atoms with Crippen molar-refractivity contribution in [2.45, 2.75) is 19.2 Å². The van der Waals surface area contributed by atoms with Crippen molar-refractivity contribution in [1.29, 1.82) is 0 Å². The van der Waals surface area contributed by atoms with Crippen molar-refractivity contribution in [2.24, 2.45) is 5.73 Å². The van der Waals surface area contributed by atoms with Gasteiger partial charge in [0.2, 0.25) is 5.43 Å². The Morgan fingerprint density at radius 3 is 2.61 bits per heavy atom. The van der Waals surface area contributed by atoms with Crippen LogP contribution in [0, 0.1) is 0 Å². The molecule has 3 aromatic rings. The first-order chi connectivity index (χ1) is 13.5. The van der Waals surface area contributed by atoms with Gasteiger partial charge in [-0.1, -0.05) is 6.92 Å². The average molecular weight is 401 g/mol. The first-order valence-electron chi connectivity index (χ1n) is 9.35. The van der Waals surface area contributed by atoms with Gasteiger partial charge in [0, 0.05) is 59.4 Å². The second kappa shape index (κ2) is 7.62. The Kier molecular flexibility index (Phi) is 5.18. The van der Waals surface area contributed by atoms with Crippen molar-refractivity contribution in [3.63, 3.8) is 0 Å². The molecular weight excluding hydrogens is 378 g/mol. The van der Waals surface area contributed by atoms with Crippen molar-refractivity contribution in [1.82, 2.24) is 9.30 Å². The second-order valence-electron chi connectivity index (χ2n) is 7.10. The lowest BCUT2D eigenvalue weighted by Crippen LogP contribution is -2.35. The molecule has 7 nitrogen and oxygen atoms in total. The van der Waals surface area contributed by atoms with Crippen molar-refractivity contribution in [3.05, 3.63) is 51.4 Å². The van der Waals surface area contributed by atoms with E-state index in [-0.39, 0.29) is 11.0 Å². The molecule has 0 aliphatic carbocycles. The summed E-state index contributed by atoms with van der Waals surface area (Å²) in [6.07, 6.45) is 3.34. The monoisotopic (exact) mass is 401 g/mol. The molecule has 1 atom stereocenters. The number of benzene rings is 1. The summed E-state index contributed by atoms with van der Waals surface area (Å²) in [4.78, 5) is 27.0. The average Bonchev–Trinajstić information content (AvgIpc) is 3.02. The summed E-state index contributed by atoms with van der Waals surface area (Å²) < 4.78 is 19.4. The predicted molar refractivity (Wildman–Crippen MR) is 109 cm³/mol. The number of hydrogen-bond donors (Lipinski definition) is 1. The summed E-state index contributed by atoms with van der Waals surface area (Å²) in [6, 6.07) is 3.93. The van der Waals surface area contributed by atoms with Crippen LogP contribution in [0.3, 0.4) is 0 Å². The van der Waals surface area contributed by atoms with Crippen LogP contribution in [0.15, 0.2) is 29.3 Å². The van der Waals surface area contributed by atoms with Gasteiger partial charge in [0.1, 0.15) is 5.56 Å². The Hall–Kier alpha value is -2.29. The molecule has 0 spiro atoms. The Labute approximate surface area is 164 Å². The third-order valence-corrected chi connectivity index (χ3v) is 6.52. The molecule has 1 aliphatic heterocycles. The lowest BCUT2D eigenvalue weighted by Gasteiger charge is -2.26. The van der Waals surface area contributed by atoms with Crippen LogP contribution in [0.1, 0.15) is 28.4 Å². The summed E-state index contributed by atoms with van der Waals surface area (Å²) in [5.74, 6) is 0.234. The minimum absolute atomic E-state index is 0.0314. The second-order valence-corrected chi connectivity index (χ2v) is 8.84. The number of nitrogens with zero attached hydrogens (tertiary/aromatic N) is 2. The summed E-state index contributed by atoms with van der Waals surface area (Å²) in [7, 11) is -0.986. The maximum absolute atomic E-state index is 12.9. The Morgan fingerprint density at radius 2 is 1.93 bits per heavy atom. The zero-order valence-corrected chi connectivity index (χ0v) is 16.6. The number of hydrogen-bond acceptors (Lipinski definition) is 5. The molecule has 0 radical (unpaired) electrons. The van der Waals surface area contributed by atoms with Gasteiger partial charge in [0.15, 0.2) is 0 Å². The van der Waals surface area contributed by atoms with Gasteiger partial charge < -0.3 is 14.9 Å². The number of amides is 1. The molecule has 1 saturated heterocycles. The first kappa shape index (κ1) is 19.0. The highest BCUT2D eigenvalue weighted by atomic mass is 32.2. The maximum atomic E-state index is 12.9. The van der Waals surface area contributed by atoms with Crippen LogP contribution in [0.4, 0.5) is 0 Å². The van der Waals surface area contributed by atoms with Crippen LogP contribution in [0.25, 0.3) is 16.3 Å². The fourth-order valence-electron chi connectivity index (χ4n) is 3.81. The van der Waals surface area contributed by atoms with E-state index in [4.69, 9.17) is 10.5 Å². The molecule has 1 fully saturated rings. The smallest absolute Gasteiger partial charge is 0.254 e. The molecule has 148 valence electrons. The van der Waals surface area contributed by atoms with Crippen molar-refractivity contribution >= 4 is 33.0 Å². The molecule has 2 N–H and O–H groups in total. The zero-order chi connectivity index (χ0) is 19.8. The summed E-state index contributed by atoms with van der Waals surface area (Å²) in [5, 5.41) is 1.39. The quantitative estimate of drug-likeness (QED) is 0.667. The van der Waals surface area contributed by atoms with Gasteiger partial charge in [-0.3, -0.25) is 18.7 Å². The molecule has 1 amide bonds. The van der Waals surface area contributed by atoms with E-state index in [0.717, 1.165) is 35.1 Å². The van der Waals surface area contributed by atoms with E-state index in [1.54, 1.807) is 4.40 Å². The first-order valence-corrected chi connectivity index (χ1v) is 10.8. The van der Waals surface area contributed by atoms with Crippen LogP contribution < -0.4 is 11.2 Å². The topological polar surface area (TPSA) is 94.1 Å². The maximum Gasteiger partial charge on any atom is 0.254 e.